The van der Waals surface area contributed by atoms with Crippen molar-refractivity contribution in [3.05, 3.63) is 65.7 Å². The second-order valence-electron chi connectivity index (χ2n) is 6.38. The number of benzene rings is 2. The van der Waals surface area contributed by atoms with E-state index >= 15 is 0 Å². The molecular weight excluding hydrogens is 372 g/mol. The van der Waals surface area contributed by atoms with Crippen LogP contribution in [0.15, 0.2) is 60.1 Å². The SMILES string of the molecule is CC(=O)Nc1ccc(-c2csc(NC(=O)Cc3c[nH]c4ccccc34)n2)cc1. The van der Waals surface area contributed by atoms with E-state index in [1.807, 2.05) is 60.1 Å². The topological polar surface area (TPSA) is 86.9 Å². The Hall–Kier alpha value is -3.45. The number of aromatic amines is 1. The van der Waals surface area contributed by atoms with Gasteiger partial charge in [0.1, 0.15) is 0 Å². The van der Waals surface area contributed by atoms with Crippen molar-refractivity contribution < 1.29 is 9.59 Å². The summed E-state index contributed by atoms with van der Waals surface area (Å²) in [5.74, 6) is -0.215. The molecule has 0 aliphatic carbocycles. The Bertz CT molecular complexity index is 1140. The quantitative estimate of drug-likeness (QED) is 0.471. The molecule has 2 heterocycles. The van der Waals surface area contributed by atoms with Gasteiger partial charge in [0.15, 0.2) is 5.13 Å². The van der Waals surface area contributed by atoms with Gasteiger partial charge in [-0.1, -0.05) is 30.3 Å². The smallest absolute Gasteiger partial charge is 0.230 e. The predicted molar refractivity (Wildman–Crippen MR) is 112 cm³/mol. The Kier molecular flexibility index (Phi) is 4.90. The first-order valence-corrected chi connectivity index (χ1v) is 9.65. The first-order chi connectivity index (χ1) is 13.6. The summed E-state index contributed by atoms with van der Waals surface area (Å²) in [4.78, 5) is 31.2. The molecule has 7 heteroatoms. The van der Waals surface area contributed by atoms with Crippen LogP contribution in [0.1, 0.15) is 12.5 Å². The van der Waals surface area contributed by atoms with Crippen LogP contribution in [-0.4, -0.2) is 21.8 Å². The van der Waals surface area contributed by atoms with Crippen LogP contribution < -0.4 is 10.6 Å². The second kappa shape index (κ2) is 7.66. The van der Waals surface area contributed by atoms with Gasteiger partial charge in [-0.3, -0.25) is 9.59 Å². The summed E-state index contributed by atoms with van der Waals surface area (Å²) in [5, 5.41) is 9.11. The fraction of sp³-hybridized carbons (Fsp3) is 0.0952. The fourth-order valence-corrected chi connectivity index (χ4v) is 3.74. The number of nitrogens with one attached hydrogen (secondary N) is 3. The van der Waals surface area contributed by atoms with Crippen LogP contribution in [0.25, 0.3) is 22.2 Å². The number of fused-ring (bicyclic) bond motifs is 1. The Morgan fingerprint density at radius 1 is 1.07 bits per heavy atom. The number of anilines is 2. The van der Waals surface area contributed by atoms with Crippen molar-refractivity contribution in [2.45, 2.75) is 13.3 Å². The van der Waals surface area contributed by atoms with E-state index in [9.17, 15) is 9.59 Å². The predicted octanol–water partition coefficient (Wildman–Crippen LogP) is 4.43. The second-order valence-corrected chi connectivity index (χ2v) is 7.24. The lowest BCUT2D eigenvalue weighted by Gasteiger charge is -2.03. The third-order valence-electron chi connectivity index (χ3n) is 4.28. The van der Waals surface area contributed by atoms with Gasteiger partial charge in [0.2, 0.25) is 11.8 Å². The average molecular weight is 390 g/mol. The molecule has 0 saturated heterocycles. The molecule has 28 heavy (non-hydrogen) atoms. The molecule has 140 valence electrons. The van der Waals surface area contributed by atoms with Crippen molar-refractivity contribution >= 4 is 44.9 Å². The highest BCUT2D eigenvalue weighted by Gasteiger charge is 2.11. The molecule has 0 bridgehead atoms. The molecule has 2 amide bonds. The standard InChI is InChI=1S/C21H18N4O2S/c1-13(26)23-16-8-6-14(7-9-16)19-12-28-21(24-19)25-20(27)10-15-11-22-18-5-3-2-4-17(15)18/h2-9,11-12,22H,10H2,1H3,(H,23,26)(H,24,25,27). The number of amides is 2. The Labute approximate surface area is 165 Å². The molecule has 3 N–H and O–H groups in total. The van der Waals surface area contributed by atoms with Crippen molar-refractivity contribution in [3.63, 3.8) is 0 Å². The molecule has 0 aliphatic heterocycles. The summed E-state index contributed by atoms with van der Waals surface area (Å²) in [5.41, 5.74) is 4.41. The van der Waals surface area contributed by atoms with E-state index in [4.69, 9.17) is 0 Å². The molecule has 2 aromatic carbocycles. The molecule has 0 radical (unpaired) electrons. The lowest BCUT2D eigenvalue weighted by molar-refractivity contribution is -0.116. The van der Waals surface area contributed by atoms with Gasteiger partial charge in [-0.25, -0.2) is 4.98 Å². The Morgan fingerprint density at radius 3 is 2.64 bits per heavy atom. The monoisotopic (exact) mass is 390 g/mol. The number of aromatic nitrogens is 2. The highest BCUT2D eigenvalue weighted by molar-refractivity contribution is 7.14. The molecule has 0 fully saturated rings. The van der Waals surface area contributed by atoms with Gasteiger partial charge in [-0.15, -0.1) is 11.3 Å². The van der Waals surface area contributed by atoms with Crippen molar-refractivity contribution in [1.82, 2.24) is 9.97 Å². The lowest BCUT2D eigenvalue weighted by Crippen LogP contribution is -2.14. The lowest BCUT2D eigenvalue weighted by atomic mass is 10.1. The molecule has 0 unspecified atom stereocenters. The number of hydrogen-bond donors (Lipinski definition) is 3. The molecular formula is C21H18N4O2S. The number of carbonyl (C=O) groups is 2. The minimum atomic E-state index is -0.110. The largest absolute Gasteiger partial charge is 0.361 e. The van der Waals surface area contributed by atoms with Crippen LogP contribution in [0.2, 0.25) is 0 Å². The first kappa shape index (κ1) is 17.9. The van der Waals surface area contributed by atoms with E-state index in [0.29, 0.717) is 5.13 Å². The zero-order chi connectivity index (χ0) is 19.5. The van der Waals surface area contributed by atoms with Gasteiger partial charge in [-0.2, -0.15) is 0 Å². The van der Waals surface area contributed by atoms with E-state index in [0.717, 1.165) is 33.4 Å². The normalized spacial score (nSPS) is 10.8. The van der Waals surface area contributed by atoms with Crippen LogP contribution >= 0.6 is 11.3 Å². The van der Waals surface area contributed by atoms with Crippen LogP contribution in [-0.2, 0) is 16.0 Å². The molecule has 0 saturated carbocycles. The van der Waals surface area contributed by atoms with Crippen molar-refractivity contribution in [3.8, 4) is 11.3 Å². The van der Waals surface area contributed by atoms with E-state index in [1.54, 1.807) is 0 Å². The van der Waals surface area contributed by atoms with Gasteiger partial charge in [0.25, 0.3) is 0 Å². The van der Waals surface area contributed by atoms with Crippen LogP contribution in [0.4, 0.5) is 10.8 Å². The third kappa shape index (κ3) is 3.94. The summed E-state index contributed by atoms with van der Waals surface area (Å²) in [7, 11) is 0. The summed E-state index contributed by atoms with van der Waals surface area (Å²) in [6.07, 6.45) is 2.15. The van der Waals surface area contributed by atoms with Gasteiger partial charge < -0.3 is 15.6 Å². The number of rotatable bonds is 5. The molecule has 0 atom stereocenters. The Morgan fingerprint density at radius 2 is 1.86 bits per heavy atom. The summed E-state index contributed by atoms with van der Waals surface area (Å²) >= 11 is 1.38. The zero-order valence-corrected chi connectivity index (χ0v) is 16.0. The number of para-hydroxylation sites is 1. The summed E-state index contributed by atoms with van der Waals surface area (Å²) in [6.45, 7) is 1.47. The average Bonchev–Trinajstić information content (AvgIpc) is 3.29. The van der Waals surface area contributed by atoms with E-state index < -0.39 is 0 Å². The number of thiazole rings is 1. The van der Waals surface area contributed by atoms with Gasteiger partial charge in [-0.05, 0) is 23.8 Å². The molecule has 4 aromatic rings. The van der Waals surface area contributed by atoms with Crippen molar-refractivity contribution in [1.29, 1.82) is 0 Å². The van der Waals surface area contributed by atoms with Crippen molar-refractivity contribution in [2.24, 2.45) is 0 Å². The molecule has 0 aliphatic rings. The van der Waals surface area contributed by atoms with Crippen LogP contribution in [0.3, 0.4) is 0 Å². The minimum absolute atomic E-state index is 0.105. The molecule has 4 rings (SSSR count). The Balaban J connectivity index is 1.43. The summed E-state index contributed by atoms with van der Waals surface area (Å²) < 4.78 is 0. The molecule has 2 aromatic heterocycles. The van der Waals surface area contributed by atoms with Gasteiger partial charge in [0, 0.05) is 40.7 Å². The molecule has 6 nitrogen and oxygen atoms in total. The summed E-state index contributed by atoms with van der Waals surface area (Å²) in [6, 6.07) is 15.3. The zero-order valence-electron chi connectivity index (χ0n) is 15.2. The maximum atomic E-state index is 12.4. The third-order valence-corrected chi connectivity index (χ3v) is 5.04. The fourth-order valence-electron chi connectivity index (χ4n) is 3.01. The number of H-pyrrole nitrogens is 1. The minimum Gasteiger partial charge on any atom is -0.361 e. The van der Waals surface area contributed by atoms with Crippen molar-refractivity contribution in [2.75, 3.05) is 10.6 Å². The highest BCUT2D eigenvalue weighted by Crippen LogP contribution is 2.26. The number of hydrogen-bond acceptors (Lipinski definition) is 4. The highest BCUT2D eigenvalue weighted by atomic mass is 32.1. The molecule has 0 spiro atoms. The number of nitrogens with zero attached hydrogens (tertiary/aromatic N) is 1. The van der Waals surface area contributed by atoms with E-state index in [1.165, 1.54) is 18.3 Å². The van der Waals surface area contributed by atoms with Gasteiger partial charge in [0.05, 0.1) is 12.1 Å². The maximum Gasteiger partial charge on any atom is 0.230 e. The van der Waals surface area contributed by atoms with Crippen LogP contribution in [0.5, 0.6) is 0 Å². The van der Waals surface area contributed by atoms with E-state index in [2.05, 4.69) is 20.6 Å². The number of carbonyl (C=O) groups excluding carboxylic acids is 2. The maximum absolute atomic E-state index is 12.4. The van der Waals surface area contributed by atoms with Gasteiger partial charge >= 0.3 is 0 Å². The van der Waals surface area contributed by atoms with E-state index in [-0.39, 0.29) is 18.2 Å². The first-order valence-electron chi connectivity index (χ1n) is 8.77. The van der Waals surface area contributed by atoms with Crippen LogP contribution in [0, 0.1) is 0 Å².